The fourth-order valence-corrected chi connectivity index (χ4v) is 2.49. The first-order chi connectivity index (χ1) is 12.6. The molecule has 2 N–H and O–H groups in total. The van der Waals surface area contributed by atoms with Crippen LogP contribution in [0.4, 0.5) is 4.39 Å². The lowest BCUT2D eigenvalue weighted by Crippen LogP contribution is -2.12. The number of amides is 1. The topological polar surface area (TPSA) is 65.2 Å². The molecule has 0 radical (unpaired) electrons. The van der Waals surface area contributed by atoms with E-state index in [0.29, 0.717) is 22.8 Å². The number of rotatable bonds is 6. The van der Waals surface area contributed by atoms with Crippen molar-refractivity contribution < 1.29 is 13.9 Å². The molecule has 4 nitrogen and oxygen atoms in total. The smallest absolute Gasteiger partial charge is 0.267 e. The van der Waals surface area contributed by atoms with Crippen molar-refractivity contribution in [2.45, 2.75) is 6.67 Å². The second-order valence-corrected chi connectivity index (χ2v) is 5.61. The van der Waals surface area contributed by atoms with E-state index in [-0.39, 0.29) is 5.69 Å². The van der Waals surface area contributed by atoms with Crippen molar-refractivity contribution in [1.82, 2.24) is 4.98 Å². The van der Waals surface area contributed by atoms with Crippen LogP contribution >= 0.6 is 0 Å². The molecule has 1 amide bonds. The van der Waals surface area contributed by atoms with Crippen LogP contribution in [0, 0.1) is 0 Å². The van der Waals surface area contributed by atoms with E-state index in [1.54, 1.807) is 54.6 Å². The minimum Gasteiger partial charge on any atom is -0.457 e. The molecule has 1 aromatic heterocycles. The molecule has 3 rings (SSSR count). The number of pyridine rings is 1. The van der Waals surface area contributed by atoms with Gasteiger partial charge in [0.15, 0.2) is 0 Å². The van der Waals surface area contributed by atoms with Crippen molar-refractivity contribution in [3.63, 3.8) is 0 Å². The standard InChI is InChI=1S/C21H17FN2O2/c1-2-15-12-14(13-22)6-11-20(15)26-17-9-7-16(8-10-17)18-4-3-5-19(24-18)21(23)25/h2-12H,1,13H2,(H2,23,25). The van der Waals surface area contributed by atoms with Crippen molar-refractivity contribution in [1.29, 1.82) is 0 Å². The third-order valence-corrected chi connectivity index (χ3v) is 3.83. The zero-order valence-corrected chi connectivity index (χ0v) is 14.0. The lowest BCUT2D eigenvalue weighted by Gasteiger charge is -2.10. The number of hydrogen-bond acceptors (Lipinski definition) is 3. The molecule has 1 heterocycles. The van der Waals surface area contributed by atoms with Gasteiger partial charge in [-0.15, -0.1) is 0 Å². The zero-order valence-electron chi connectivity index (χ0n) is 14.0. The molecule has 5 heteroatoms. The van der Waals surface area contributed by atoms with Gasteiger partial charge in [0.25, 0.3) is 5.91 Å². The molecular weight excluding hydrogens is 331 g/mol. The minimum absolute atomic E-state index is 0.214. The second kappa shape index (κ2) is 7.61. The van der Waals surface area contributed by atoms with Crippen molar-refractivity contribution in [3.05, 3.63) is 84.1 Å². The first-order valence-electron chi connectivity index (χ1n) is 7.97. The molecule has 0 aliphatic carbocycles. The molecular formula is C21H17FN2O2. The highest BCUT2D eigenvalue weighted by atomic mass is 19.1. The van der Waals surface area contributed by atoms with Gasteiger partial charge in [-0.2, -0.15) is 0 Å². The van der Waals surface area contributed by atoms with Crippen molar-refractivity contribution >= 4 is 12.0 Å². The van der Waals surface area contributed by atoms with Crippen LogP contribution in [-0.2, 0) is 6.67 Å². The molecule has 0 bridgehead atoms. The highest BCUT2D eigenvalue weighted by molar-refractivity contribution is 5.91. The first kappa shape index (κ1) is 17.4. The average molecular weight is 348 g/mol. The van der Waals surface area contributed by atoms with E-state index in [2.05, 4.69) is 11.6 Å². The molecule has 0 fully saturated rings. The summed E-state index contributed by atoms with van der Waals surface area (Å²) in [6.07, 6.45) is 1.63. The Balaban J connectivity index is 1.83. The Kier molecular flexibility index (Phi) is 5.08. The maximum absolute atomic E-state index is 12.8. The third kappa shape index (κ3) is 3.78. The van der Waals surface area contributed by atoms with Gasteiger partial charge in [0.05, 0.1) is 5.69 Å². The van der Waals surface area contributed by atoms with Crippen LogP contribution in [0.1, 0.15) is 21.6 Å². The van der Waals surface area contributed by atoms with Crippen LogP contribution in [-0.4, -0.2) is 10.9 Å². The minimum atomic E-state index is -0.569. The Bertz CT molecular complexity index is 952. The quantitative estimate of drug-likeness (QED) is 0.699. The van der Waals surface area contributed by atoms with E-state index in [1.807, 2.05) is 12.1 Å². The second-order valence-electron chi connectivity index (χ2n) is 5.61. The van der Waals surface area contributed by atoms with Gasteiger partial charge in [-0.3, -0.25) is 4.79 Å². The number of alkyl halides is 1. The van der Waals surface area contributed by atoms with Crippen LogP contribution in [0.25, 0.3) is 17.3 Å². The first-order valence-corrected chi connectivity index (χ1v) is 7.97. The summed E-state index contributed by atoms with van der Waals surface area (Å²) in [4.78, 5) is 15.5. The normalized spacial score (nSPS) is 10.3. The number of carbonyl (C=O) groups excluding carboxylic acids is 1. The summed E-state index contributed by atoms with van der Waals surface area (Å²) in [7, 11) is 0. The monoisotopic (exact) mass is 348 g/mol. The van der Waals surface area contributed by atoms with Gasteiger partial charge in [0, 0.05) is 11.1 Å². The van der Waals surface area contributed by atoms with E-state index in [4.69, 9.17) is 10.5 Å². The Morgan fingerprint density at radius 1 is 1.15 bits per heavy atom. The lowest BCUT2D eigenvalue weighted by molar-refractivity contribution is 0.0995. The number of nitrogens with two attached hydrogens (primary N) is 1. The molecule has 0 saturated heterocycles. The van der Waals surface area contributed by atoms with Gasteiger partial charge in [-0.05, 0) is 54.1 Å². The summed E-state index contributed by atoms with van der Waals surface area (Å²) in [6.45, 7) is 3.20. The number of carbonyl (C=O) groups is 1. The predicted molar refractivity (Wildman–Crippen MR) is 99.6 cm³/mol. The van der Waals surface area contributed by atoms with Gasteiger partial charge in [-0.1, -0.05) is 24.8 Å². The molecule has 0 unspecified atom stereocenters. The van der Waals surface area contributed by atoms with Crippen LogP contribution in [0.2, 0.25) is 0 Å². The predicted octanol–water partition coefficient (Wildman–Crippen LogP) is 4.75. The maximum atomic E-state index is 12.8. The van der Waals surface area contributed by atoms with Gasteiger partial charge in [-0.25, -0.2) is 9.37 Å². The molecule has 0 atom stereocenters. The van der Waals surface area contributed by atoms with Crippen LogP contribution < -0.4 is 10.5 Å². The maximum Gasteiger partial charge on any atom is 0.267 e. The number of aromatic nitrogens is 1. The number of hydrogen-bond donors (Lipinski definition) is 1. The lowest BCUT2D eigenvalue weighted by atomic mass is 10.1. The van der Waals surface area contributed by atoms with E-state index >= 15 is 0 Å². The number of ether oxygens (including phenoxy) is 1. The highest BCUT2D eigenvalue weighted by Crippen LogP contribution is 2.29. The third-order valence-electron chi connectivity index (χ3n) is 3.83. The molecule has 0 aliphatic heterocycles. The van der Waals surface area contributed by atoms with Crippen LogP contribution in [0.5, 0.6) is 11.5 Å². The van der Waals surface area contributed by atoms with Crippen molar-refractivity contribution in [2.24, 2.45) is 5.73 Å². The van der Waals surface area contributed by atoms with Gasteiger partial charge < -0.3 is 10.5 Å². The summed E-state index contributed by atoms with van der Waals surface area (Å²) in [5, 5.41) is 0. The fourth-order valence-electron chi connectivity index (χ4n) is 2.49. The van der Waals surface area contributed by atoms with Crippen molar-refractivity contribution in [3.8, 4) is 22.8 Å². The van der Waals surface area contributed by atoms with Gasteiger partial charge in [0.2, 0.25) is 0 Å². The zero-order chi connectivity index (χ0) is 18.5. The van der Waals surface area contributed by atoms with Gasteiger partial charge >= 0.3 is 0 Å². The summed E-state index contributed by atoms with van der Waals surface area (Å²) >= 11 is 0. The number of halogens is 1. The Labute approximate surface area is 150 Å². The molecule has 130 valence electrons. The number of primary amides is 1. The summed E-state index contributed by atoms with van der Waals surface area (Å²) in [5.41, 5.74) is 8.25. The van der Waals surface area contributed by atoms with E-state index in [0.717, 1.165) is 11.1 Å². The Morgan fingerprint density at radius 3 is 2.58 bits per heavy atom. The highest BCUT2D eigenvalue weighted by Gasteiger charge is 2.07. The van der Waals surface area contributed by atoms with Gasteiger partial charge in [0.1, 0.15) is 23.9 Å². The Morgan fingerprint density at radius 2 is 1.92 bits per heavy atom. The summed E-state index contributed by atoms with van der Waals surface area (Å²) < 4.78 is 18.6. The van der Waals surface area contributed by atoms with Crippen LogP contribution in [0.15, 0.2) is 67.2 Å². The molecule has 0 aliphatic rings. The van der Waals surface area contributed by atoms with Crippen LogP contribution in [0.3, 0.4) is 0 Å². The molecule has 3 aromatic rings. The fraction of sp³-hybridized carbons (Fsp3) is 0.0476. The van der Waals surface area contributed by atoms with E-state index in [1.165, 1.54) is 0 Å². The molecule has 0 spiro atoms. The summed E-state index contributed by atoms with van der Waals surface area (Å²) in [5.74, 6) is 0.648. The Hall–Kier alpha value is -3.47. The SMILES string of the molecule is C=Cc1cc(CF)ccc1Oc1ccc(-c2cccc(C(N)=O)n2)cc1. The molecule has 26 heavy (non-hydrogen) atoms. The van der Waals surface area contributed by atoms with Crippen molar-refractivity contribution in [2.75, 3.05) is 0 Å². The molecule has 2 aromatic carbocycles. The largest absolute Gasteiger partial charge is 0.457 e. The van der Waals surface area contributed by atoms with E-state index < -0.39 is 12.6 Å². The number of nitrogens with zero attached hydrogens (tertiary/aromatic N) is 1. The number of benzene rings is 2. The van der Waals surface area contributed by atoms with E-state index in [9.17, 15) is 9.18 Å². The average Bonchev–Trinajstić information content (AvgIpc) is 2.69. The summed E-state index contributed by atoms with van der Waals surface area (Å²) in [6, 6.07) is 17.5. The molecule has 0 saturated carbocycles.